The average molecular weight is 335 g/mol. The van der Waals surface area contributed by atoms with Crippen molar-refractivity contribution in [1.29, 1.82) is 0 Å². The smallest absolute Gasteiger partial charge is 0.410 e. The highest BCUT2D eigenvalue weighted by Gasteiger charge is 2.45. The number of carbonyl (C=O) groups excluding carboxylic acids is 2. The molecule has 0 radical (unpaired) electrons. The van der Waals surface area contributed by atoms with Crippen molar-refractivity contribution in [1.82, 2.24) is 14.7 Å². The van der Waals surface area contributed by atoms with Crippen molar-refractivity contribution in [3.63, 3.8) is 0 Å². The van der Waals surface area contributed by atoms with Crippen LogP contribution in [0.25, 0.3) is 0 Å². The fourth-order valence-electron chi connectivity index (χ4n) is 3.50. The first-order valence-corrected chi connectivity index (χ1v) is 8.37. The molecule has 2 atom stereocenters. The number of hydrogen-bond donors (Lipinski definition) is 0. The van der Waals surface area contributed by atoms with Gasteiger partial charge in [0.2, 0.25) is 0 Å². The van der Waals surface area contributed by atoms with Gasteiger partial charge < -0.3 is 9.47 Å². The molecule has 3 rings (SSSR count). The van der Waals surface area contributed by atoms with Crippen LogP contribution in [0.1, 0.15) is 44.1 Å². The first kappa shape index (κ1) is 17.0. The lowest BCUT2D eigenvalue weighted by atomic mass is 9.82. The molecule has 0 aliphatic carbocycles. The monoisotopic (exact) mass is 335 g/mol. The molecule has 2 bridgehead atoms. The van der Waals surface area contributed by atoms with Crippen molar-refractivity contribution in [3.05, 3.63) is 18.0 Å². The number of aryl methyl sites for hydroxylation is 1. The Morgan fingerprint density at radius 2 is 1.88 bits per heavy atom. The van der Waals surface area contributed by atoms with Crippen molar-refractivity contribution >= 4 is 11.9 Å². The molecule has 1 aromatic rings. The number of ketones is 1. The number of rotatable bonds is 2. The molecule has 1 amide bonds. The van der Waals surface area contributed by atoms with Crippen molar-refractivity contribution in [2.75, 3.05) is 13.2 Å². The Kier molecular flexibility index (Phi) is 4.38. The van der Waals surface area contributed by atoms with Crippen LogP contribution in [-0.4, -0.2) is 57.5 Å². The molecule has 0 spiro atoms. The van der Waals surface area contributed by atoms with Gasteiger partial charge >= 0.3 is 6.09 Å². The minimum absolute atomic E-state index is 0.0522. The van der Waals surface area contributed by atoms with Crippen LogP contribution in [0.5, 0.6) is 0 Å². The number of aromatic nitrogens is 2. The number of nitrogens with zero attached hydrogens (tertiary/aromatic N) is 3. The Morgan fingerprint density at radius 1 is 1.25 bits per heavy atom. The Morgan fingerprint density at radius 3 is 2.38 bits per heavy atom. The van der Waals surface area contributed by atoms with Crippen LogP contribution >= 0.6 is 0 Å². The van der Waals surface area contributed by atoms with Gasteiger partial charge in [-0.15, -0.1) is 0 Å². The van der Waals surface area contributed by atoms with E-state index in [2.05, 4.69) is 5.10 Å². The predicted octanol–water partition coefficient (Wildman–Crippen LogP) is 2.02. The zero-order chi connectivity index (χ0) is 17.5. The molecule has 2 aliphatic rings. The number of Topliss-reactive ketones (excluding diaryl/α,β-unsaturated/α-hetero) is 1. The van der Waals surface area contributed by atoms with Gasteiger partial charge in [-0.1, -0.05) is 0 Å². The van der Waals surface area contributed by atoms with Gasteiger partial charge in [0.1, 0.15) is 11.3 Å². The molecule has 132 valence electrons. The fourth-order valence-corrected chi connectivity index (χ4v) is 3.50. The summed E-state index contributed by atoms with van der Waals surface area (Å²) in [5.74, 6) is -0.0752. The van der Waals surface area contributed by atoms with E-state index >= 15 is 0 Å². The molecule has 1 aromatic heterocycles. The third-order valence-corrected chi connectivity index (χ3v) is 4.46. The molecule has 3 heterocycles. The van der Waals surface area contributed by atoms with Crippen LogP contribution in [0.3, 0.4) is 0 Å². The maximum Gasteiger partial charge on any atom is 0.410 e. The first-order chi connectivity index (χ1) is 11.2. The highest BCUT2D eigenvalue weighted by molar-refractivity contribution is 5.96. The van der Waals surface area contributed by atoms with E-state index in [-0.39, 0.29) is 29.9 Å². The molecule has 7 nitrogen and oxygen atoms in total. The fraction of sp³-hybridized carbons (Fsp3) is 0.706. The van der Waals surface area contributed by atoms with Crippen molar-refractivity contribution in [2.45, 2.75) is 51.3 Å². The van der Waals surface area contributed by atoms with Crippen LogP contribution in [0.2, 0.25) is 0 Å². The number of carbonyl (C=O) groups is 2. The minimum atomic E-state index is -0.535. The van der Waals surface area contributed by atoms with Gasteiger partial charge in [0.25, 0.3) is 0 Å². The van der Waals surface area contributed by atoms with Crippen LogP contribution in [0.4, 0.5) is 4.79 Å². The topological polar surface area (TPSA) is 73.7 Å². The molecular weight excluding hydrogens is 310 g/mol. The van der Waals surface area contributed by atoms with Crippen LogP contribution in [-0.2, 0) is 16.5 Å². The summed E-state index contributed by atoms with van der Waals surface area (Å²) in [5.41, 5.74) is -0.0421. The van der Waals surface area contributed by atoms with E-state index in [0.717, 1.165) is 0 Å². The van der Waals surface area contributed by atoms with E-state index < -0.39 is 5.60 Å². The second kappa shape index (κ2) is 6.20. The number of morpholine rings is 1. The van der Waals surface area contributed by atoms with Crippen molar-refractivity contribution < 1.29 is 19.1 Å². The standard InChI is InChI=1S/C17H25N3O4/c1-17(2,3)24-16(22)20-12-7-11(8-13(20)10-23-9-12)15(21)14-5-6-19(4)18-14/h5-6,11-13H,7-10H2,1-4H3. The second-order valence-corrected chi connectivity index (χ2v) is 7.64. The normalized spacial score (nSPS) is 27.0. The maximum absolute atomic E-state index is 12.7. The number of hydrogen-bond acceptors (Lipinski definition) is 5. The minimum Gasteiger partial charge on any atom is -0.444 e. The summed E-state index contributed by atoms with van der Waals surface area (Å²) in [4.78, 5) is 27.0. The average Bonchev–Trinajstić information content (AvgIpc) is 2.89. The summed E-state index contributed by atoms with van der Waals surface area (Å²) in [6.07, 6.45) is 2.63. The number of fused-ring (bicyclic) bond motifs is 2. The molecule has 7 heteroatoms. The van der Waals surface area contributed by atoms with E-state index in [0.29, 0.717) is 31.7 Å². The Hall–Kier alpha value is -1.89. The quantitative estimate of drug-likeness (QED) is 0.773. The van der Waals surface area contributed by atoms with Crippen LogP contribution in [0.15, 0.2) is 12.3 Å². The van der Waals surface area contributed by atoms with E-state index in [1.54, 1.807) is 28.9 Å². The zero-order valence-electron chi connectivity index (χ0n) is 14.7. The summed E-state index contributed by atoms with van der Waals surface area (Å²) in [6.45, 7) is 6.46. The van der Waals surface area contributed by atoms with Crippen LogP contribution in [0, 0.1) is 5.92 Å². The Balaban J connectivity index is 1.73. The van der Waals surface area contributed by atoms with Gasteiger partial charge in [-0.2, -0.15) is 5.10 Å². The lowest BCUT2D eigenvalue weighted by Crippen LogP contribution is -2.60. The predicted molar refractivity (Wildman–Crippen MR) is 86.7 cm³/mol. The lowest BCUT2D eigenvalue weighted by Gasteiger charge is -2.47. The zero-order valence-corrected chi connectivity index (χ0v) is 14.7. The van der Waals surface area contributed by atoms with Gasteiger partial charge in [-0.05, 0) is 39.7 Å². The SMILES string of the molecule is Cn1ccc(C(=O)C2CC3COCC(C2)N3C(=O)OC(C)(C)C)n1. The van der Waals surface area contributed by atoms with Crippen LogP contribution < -0.4 is 0 Å². The Bertz CT molecular complexity index is 620. The third-order valence-electron chi connectivity index (χ3n) is 4.46. The highest BCUT2D eigenvalue weighted by atomic mass is 16.6. The Labute approximate surface area is 141 Å². The molecule has 2 fully saturated rings. The third kappa shape index (κ3) is 3.45. The van der Waals surface area contributed by atoms with Gasteiger partial charge in [-0.25, -0.2) is 4.79 Å². The molecule has 2 saturated heterocycles. The summed E-state index contributed by atoms with van der Waals surface area (Å²) in [5, 5.41) is 4.21. The molecule has 0 saturated carbocycles. The van der Waals surface area contributed by atoms with Gasteiger partial charge in [-0.3, -0.25) is 14.4 Å². The van der Waals surface area contributed by atoms with Gasteiger partial charge in [0.15, 0.2) is 5.78 Å². The summed E-state index contributed by atoms with van der Waals surface area (Å²) in [7, 11) is 1.80. The van der Waals surface area contributed by atoms with E-state index in [1.165, 1.54) is 0 Å². The molecule has 2 aliphatic heterocycles. The van der Waals surface area contributed by atoms with Crippen molar-refractivity contribution in [3.8, 4) is 0 Å². The molecular formula is C17H25N3O4. The van der Waals surface area contributed by atoms with Crippen molar-refractivity contribution in [2.24, 2.45) is 13.0 Å². The number of piperidine rings is 1. The number of ether oxygens (including phenoxy) is 2. The van der Waals surface area contributed by atoms with E-state index in [1.807, 2.05) is 20.8 Å². The lowest BCUT2D eigenvalue weighted by molar-refractivity contribution is -0.0861. The molecule has 0 N–H and O–H groups in total. The first-order valence-electron chi connectivity index (χ1n) is 8.37. The van der Waals surface area contributed by atoms with Gasteiger partial charge in [0.05, 0.1) is 25.3 Å². The number of amides is 1. The van der Waals surface area contributed by atoms with E-state index in [4.69, 9.17) is 9.47 Å². The summed E-state index contributed by atoms with van der Waals surface area (Å²) in [6, 6.07) is 1.50. The second-order valence-electron chi connectivity index (χ2n) is 7.64. The summed E-state index contributed by atoms with van der Waals surface area (Å²) < 4.78 is 12.8. The van der Waals surface area contributed by atoms with Gasteiger partial charge in [0, 0.05) is 19.2 Å². The largest absolute Gasteiger partial charge is 0.444 e. The maximum atomic E-state index is 12.7. The van der Waals surface area contributed by atoms with E-state index in [9.17, 15) is 9.59 Å². The molecule has 2 unspecified atom stereocenters. The molecule has 0 aromatic carbocycles. The highest BCUT2D eigenvalue weighted by Crippen LogP contribution is 2.34. The molecule has 24 heavy (non-hydrogen) atoms. The summed E-state index contributed by atoms with van der Waals surface area (Å²) >= 11 is 0.